The zero-order valence-corrected chi connectivity index (χ0v) is 12.7. The van der Waals surface area contributed by atoms with E-state index in [2.05, 4.69) is 14.9 Å². The molecule has 0 aromatic carbocycles. The summed E-state index contributed by atoms with van der Waals surface area (Å²) in [5, 5.41) is 8.20. The Labute approximate surface area is 118 Å². The van der Waals surface area contributed by atoms with Gasteiger partial charge in [-0.1, -0.05) is 0 Å². The molecule has 0 atom stereocenters. The average Bonchev–Trinajstić information content (AvgIpc) is 2.95. The van der Waals surface area contributed by atoms with Gasteiger partial charge in [0, 0.05) is 32.5 Å². The van der Waals surface area contributed by atoms with E-state index in [0.717, 1.165) is 0 Å². The molecule has 0 saturated heterocycles. The number of hydrogen-bond donors (Lipinski definition) is 1. The zero-order chi connectivity index (χ0) is 14.8. The summed E-state index contributed by atoms with van der Waals surface area (Å²) in [7, 11) is -1.77. The molecule has 0 aliphatic heterocycles. The first-order valence-electron chi connectivity index (χ1n) is 6.39. The highest BCUT2D eigenvalue weighted by Crippen LogP contribution is 2.17. The van der Waals surface area contributed by atoms with Crippen LogP contribution >= 0.6 is 0 Å². The number of sulfonamides is 1. The van der Waals surface area contributed by atoms with E-state index >= 15 is 0 Å². The van der Waals surface area contributed by atoms with E-state index in [1.54, 1.807) is 36.5 Å². The SMILES string of the molecule is Cc1nn(C)c(C)c1S(=O)(=O)NCCCn1cccn1. The normalized spacial score (nSPS) is 11.9. The molecule has 0 aliphatic carbocycles. The molecule has 7 nitrogen and oxygen atoms in total. The highest BCUT2D eigenvalue weighted by Gasteiger charge is 2.22. The summed E-state index contributed by atoms with van der Waals surface area (Å²) in [6, 6.07) is 1.84. The molecule has 0 amide bonds. The van der Waals surface area contributed by atoms with Gasteiger partial charge in [0.25, 0.3) is 0 Å². The van der Waals surface area contributed by atoms with Crippen molar-refractivity contribution in [3.05, 3.63) is 29.8 Å². The summed E-state index contributed by atoms with van der Waals surface area (Å²) in [6.45, 7) is 4.50. The fourth-order valence-electron chi connectivity index (χ4n) is 2.10. The molecule has 2 aromatic heterocycles. The molecule has 110 valence electrons. The largest absolute Gasteiger partial charge is 0.273 e. The summed E-state index contributed by atoms with van der Waals surface area (Å²) in [5.74, 6) is 0. The van der Waals surface area contributed by atoms with E-state index in [0.29, 0.717) is 30.9 Å². The quantitative estimate of drug-likeness (QED) is 0.792. The van der Waals surface area contributed by atoms with Gasteiger partial charge >= 0.3 is 0 Å². The summed E-state index contributed by atoms with van der Waals surface area (Å²) >= 11 is 0. The summed E-state index contributed by atoms with van der Waals surface area (Å²) in [4.78, 5) is 0.277. The Morgan fingerprint density at radius 3 is 2.65 bits per heavy atom. The third-order valence-electron chi connectivity index (χ3n) is 3.13. The maximum Gasteiger partial charge on any atom is 0.244 e. The second-order valence-corrected chi connectivity index (χ2v) is 6.35. The summed E-state index contributed by atoms with van der Waals surface area (Å²) in [6.07, 6.45) is 4.23. The molecule has 0 fully saturated rings. The Morgan fingerprint density at radius 1 is 1.35 bits per heavy atom. The highest BCUT2D eigenvalue weighted by molar-refractivity contribution is 7.89. The van der Waals surface area contributed by atoms with E-state index < -0.39 is 10.0 Å². The summed E-state index contributed by atoms with van der Waals surface area (Å²) < 4.78 is 30.5. The Kier molecular flexibility index (Phi) is 4.24. The lowest BCUT2D eigenvalue weighted by Gasteiger charge is -2.07. The van der Waals surface area contributed by atoms with E-state index in [4.69, 9.17) is 0 Å². The molecule has 0 bridgehead atoms. The van der Waals surface area contributed by atoms with Gasteiger partial charge in [-0.2, -0.15) is 10.2 Å². The third kappa shape index (κ3) is 3.07. The van der Waals surface area contributed by atoms with E-state index in [1.165, 1.54) is 0 Å². The lowest BCUT2D eigenvalue weighted by molar-refractivity contribution is 0.552. The van der Waals surface area contributed by atoms with Crippen molar-refractivity contribution >= 4 is 10.0 Å². The van der Waals surface area contributed by atoms with Gasteiger partial charge in [-0.25, -0.2) is 13.1 Å². The average molecular weight is 297 g/mol. The fraction of sp³-hybridized carbons (Fsp3) is 0.500. The molecule has 0 radical (unpaired) electrons. The lowest BCUT2D eigenvalue weighted by Crippen LogP contribution is -2.26. The molecule has 0 saturated carbocycles. The van der Waals surface area contributed by atoms with Crippen LogP contribution in [0.1, 0.15) is 17.8 Å². The Bertz CT molecular complexity index is 673. The maximum atomic E-state index is 12.3. The Hall–Kier alpha value is -1.67. The van der Waals surface area contributed by atoms with E-state index in [9.17, 15) is 8.42 Å². The molecule has 2 rings (SSSR count). The first-order chi connectivity index (χ1) is 9.42. The molecule has 0 unspecified atom stereocenters. The molecule has 0 spiro atoms. The molecular formula is C12H19N5O2S. The van der Waals surface area contributed by atoms with E-state index in [-0.39, 0.29) is 4.90 Å². The molecule has 2 heterocycles. The van der Waals surface area contributed by atoms with Crippen molar-refractivity contribution in [2.24, 2.45) is 7.05 Å². The van der Waals surface area contributed by atoms with Crippen LogP contribution in [-0.4, -0.2) is 34.5 Å². The second-order valence-electron chi connectivity index (χ2n) is 4.64. The van der Waals surface area contributed by atoms with Crippen molar-refractivity contribution in [3.63, 3.8) is 0 Å². The number of nitrogens with zero attached hydrogens (tertiary/aromatic N) is 4. The van der Waals surface area contributed by atoms with Crippen LogP contribution in [0, 0.1) is 13.8 Å². The van der Waals surface area contributed by atoms with Gasteiger partial charge < -0.3 is 0 Å². The first kappa shape index (κ1) is 14.7. The number of nitrogens with one attached hydrogen (secondary N) is 1. The van der Waals surface area contributed by atoms with Crippen LogP contribution in [0.15, 0.2) is 23.4 Å². The summed E-state index contributed by atoms with van der Waals surface area (Å²) in [5.41, 5.74) is 1.16. The molecule has 20 heavy (non-hydrogen) atoms. The van der Waals surface area contributed by atoms with Crippen molar-refractivity contribution in [2.75, 3.05) is 6.54 Å². The number of aryl methyl sites for hydroxylation is 3. The van der Waals surface area contributed by atoms with Crippen molar-refractivity contribution < 1.29 is 8.42 Å². The standard InChI is InChI=1S/C12H19N5O2S/c1-10-12(11(2)16(3)15-10)20(18,19)14-7-5-9-17-8-4-6-13-17/h4,6,8,14H,5,7,9H2,1-3H3. The molecule has 1 N–H and O–H groups in total. The topological polar surface area (TPSA) is 81.8 Å². The van der Waals surface area contributed by atoms with Gasteiger partial charge in [0.15, 0.2) is 0 Å². The minimum atomic E-state index is -3.50. The minimum absolute atomic E-state index is 0.277. The van der Waals surface area contributed by atoms with Gasteiger partial charge in [-0.05, 0) is 26.3 Å². The molecular weight excluding hydrogens is 278 g/mol. The van der Waals surface area contributed by atoms with Crippen LogP contribution in [0.2, 0.25) is 0 Å². The van der Waals surface area contributed by atoms with Crippen molar-refractivity contribution in [2.45, 2.75) is 31.7 Å². The van der Waals surface area contributed by atoms with Crippen LogP contribution < -0.4 is 4.72 Å². The number of rotatable bonds is 6. The number of aromatic nitrogens is 4. The van der Waals surface area contributed by atoms with Gasteiger partial charge in [-0.3, -0.25) is 9.36 Å². The van der Waals surface area contributed by atoms with Gasteiger partial charge in [-0.15, -0.1) is 0 Å². The van der Waals surface area contributed by atoms with Crippen LogP contribution in [-0.2, 0) is 23.6 Å². The van der Waals surface area contributed by atoms with Crippen LogP contribution in [0.5, 0.6) is 0 Å². The molecule has 8 heteroatoms. The Morgan fingerprint density at radius 2 is 2.10 bits per heavy atom. The van der Waals surface area contributed by atoms with Crippen LogP contribution in [0.25, 0.3) is 0 Å². The van der Waals surface area contributed by atoms with Gasteiger partial charge in [0.05, 0.1) is 11.4 Å². The lowest BCUT2D eigenvalue weighted by atomic mass is 10.4. The van der Waals surface area contributed by atoms with Crippen LogP contribution in [0.3, 0.4) is 0 Å². The maximum absolute atomic E-state index is 12.3. The van der Waals surface area contributed by atoms with Crippen molar-refractivity contribution in [3.8, 4) is 0 Å². The van der Waals surface area contributed by atoms with Crippen molar-refractivity contribution in [1.29, 1.82) is 0 Å². The fourth-order valence-corrected chi connectivity index (χ4v) is 3.60. The third-order valence-corrected chi connectivity index (χ3v) is 4.84. The molecule has 0 aliphatic rings. The highest BCUT2D eigenvalue weighted by atomic mass is 32.2. The van der Waals surface area contributed by atoms with Gasteiger partial charge in [0.1, 0.15) is 4.90 Å². The minimum Gasteiger partial charge on any atom is -0.273 e. The van der Waals surface area contributed by atoms with Crippen molar-refractivity contribution in [1.82, 2.24) is 24.3 Å². The van der Waals surface area contributed by atoms with Crippen LogP contribution in [0.4, 0.5) is 0 Å². The predicted molar refractivity (Wildman–Crippen MR) is 74.7 cm³/mol. The van der Waals surface area contributed by atoms with Gasteiger partial charge in [0.2, 0.25) is 10.0 Å². The zero-order valence-electron chi connectivity index (χ0n) is 11.9. The first-order valence-corrected chi connectivity index (χ1v) is 7.87. The molecule has 2 aromatic rings. The Balaban J connectivity index is 1.97. The van der Waals surface area contributed by atoms with E-state index in [1.807, 2.05) is 12.3 Å². The smallest absolute Gasteiger partial charge is 0.244 e. The monoisotopic (exact) mass is 297 g/mol. The second kappa shape index (κ2) is 5.76. The number of hydrogen-bond acceptors (Lipinski definition) is 4. The predicted octanol–water partition coefficient (Wildman–Crippen LogP) is 0.602.